The van der Waals surface area contributed by atoms with Crippen LogP contribution in [0.25, 0.3) is 16.7 Å². The number of nitrogens with zero attached hydrogens (tertiary/aromatic N) is 1. The molecule has 1 heterocycles. The fourth-order valence-corrected chi connectivity index (χ4v) is 2.87. The Balaban J connectivity index is 1.78. The Labute approximate surface area is 165 Å². The van der Waals surface area contributed by atoms with Crippen molar-refractivity contribution in [2.75, 3.05) is 6.61 Å². The highest BCUT2D eigenvalue weighted by atomic mass is 16.5. The molecule has 0 saturated heterocycles. The van der Waals surface area contributed by atoms with Gasteiger partial charge in [0.2, 0.25) is 0 Å². The summed E-state index contributed by atoms with van der Waals surface area (Å²) in [6.45, 7) is 4.56. The summed E-state index contributed by atoms with van der Waals surface area (Å²) in [7, 11) is 0. The third kappa shape index (κ3) is 5.07. The second-order valence-electron chi connectivity index (χ2n) is 6.30. The third-order valence-corrected chi connectivity index (χ3v) is 4.28. The first-order valence-corrected chi connectivity index (χ1v) is 9.24. The largest absolute Gasteiger partial charge is 0.489 e. The van der Waals surface area contributed by atoms with Crippen molar-refractivity contribution in [2.24, 2.45) is 0 Å². The number of carbonyl (C=O) groups excluding carboxylic acids is 1. The Kier molecular flexibility index (Phi) is 6.58. The van der Waals surface area contributed by atoms with E-state index in [9.17, 15) is 4.79 Å². The van der Waals surface area contributed by atoms with Crippen LogP contribution < -0.4 is 4.74 Å². The lowest BCUT2D eigenvalue weighted by atomic mass is 9.97. The zero-order valence-corrected chi connectivity index (χ0v) is 16.1. The third-order valence-electron chi connectivity index (χ3n) is 4.28. The van der Waals surface area contributed by atoms with E-state index < -0.39 is 0 Å². The van der Waals surface area contributed by atoms with Gasteiger partial charge >= 0.3 is 5.97 Å². The Morgan fingerprint density at radius 2 is 1.79 bits per heavy atom. The summed E-state index contributed by atoms with van der Waals surface area (Å²) in [5, 5.41) is 0. The molecule has 4 nitrogen and oxygen atoms in total. The first-order valence-electron chi connectivity index (χ1n) is 9.24. The van der Waals surface area contributed by atoms with Crippen LogP contribution in [0, 0.1) is 0 Å². The molecule has 0 fully saturated rings. The summed E-state index contributed by atoms with van der Waals surface area (Å²) in [6, 6.07) is 19.9. The van der Waals surface area contributed by atoms with Crippen LogP contribution in [-0.4, -0.2) is 17.6 Å². The summed E-state index contributed by atoms with van der Waals surface area (Å²) in [5.41, 5.74) is 4.87. The SMILES string of the molecule is CCOC(=O)C=C(C)c1cnccc1-c1ccc(OCc2ccccc2)cc1. The van der Waals surface area contributed by atoms with Crippen molar-refractivity contribution in [3.05, 3.63) is 90.3 Å². The first kappa shape index (κ1) is 19.4. The molecule has 0 N–H and O–H groups in total. The maximum Gasteiger partial charge on any atom is 0.331 e. The van der Waals surface area contributed by atoms with Crippen molar-refractivity contribution >= 4 is 11.5 Å². The van der Waals surface area contributed by atoms with Gasteiger partial charge in [-0.1, -0.05) is 42.5 Å². The molecule has 0 atom stereocenters. The lowest BCUT2D eigenvalue weighted by Crippen LogP contribution is -2.01. The monoisotopic (exact) mass is 373 g/mol. The van der Waals surface area contributed by atoms with Gasteiger partial charge in [-0.05, 0) is 54.3 Å². The number of aromatic nitrogens is 1. The number of esters is 1. The van der Waals surface area contributed by atoms with Gasteiger partial charge in [0, 0.05) is 24.0 Å². The summed E-state index contributed by atoms with van der Waals surface area (Å²) in [4.78, 5) is 16.0. The van der Waals surface area contributed by atoms with E-state index in [-0.39, 0.29) is 5.97 Å². The zero-order chi connectivity index (χ0) is 19.8. The Bertz CT molecular complexity index is 947. The predicted molar refractivity (Wildman–Crippen MR) is 111 cm³/mol. The van der Waals surface area contributed by atoms with Crippen LogP contribution >= 0.6 is 0 Å². The van der Waals surface area contributed by atoms with Crippen molar-refractivity contribution < 1.29 is 14.3 Å². The van der Waals surface area contributed by atoms with Gasteiger partial charge in [-0.25, -0.2) is 4.79 Å². The van der Waals surface area contributed by atoms with E-state index in [4.69, 9.17) is 9.47 Å². The molecule has 0 bridgehead atoms. The lowest BCUT2D eigenvalue weighted by Gasteiger charge is -2.11. The molecule has 28 heavy (non-hydrogen) atoms. The molecule has 4 heteroatoms. The second kappa shape index (κ2) is 9.51. The molecule has 0 saturated carbocycles. The van der Waals surface area contributed by atoms with E-state index >= 15 is 0 Å². The molecular formula is C24H23NO3. The predicted octanol–water partition coefficient (Wildman–Crippen LogP) is 5.29. The van der Waals surface area contributed by atoms with Crippen LogP contribution in [0.4, 0.5) is 0 Å². The Morgan fingerprint density at radius 3 is 2.50 bits per heavy atom. The fourth-order valence-electron chi connectivity index (χ4n) is 2.87. The number of rotatable bonds is 7. The number of ether oxygens (including phenoxy) is 2. The highest BCUT2D eigenvalue weighted by Crippen LogP contribution is 2.29. The average molecular weight is 373 g/mol. The van der Waals surface area contributed by atoms with Gasteiger partial charge < -0.3 is 9.47 Å². The van der Waals surface area contributed by atoms with Crippen molar-refractivity contribution in [2.45, 2.75) is 20.5 Å². The highest BCUT2D eigenvalue weighted by molar-refractivity contribution is 5.93. The van der Waals surface area contributed by atoms with Crippen molar-refractivity contribution in [3.63, 3.8) is 0 Å². The molecule has 2 aromatic carbocycles. The van der Waals surface area contributed by atoms with Gasteiger partial charge in [-0.2, -0.15) is 0 Å². The highest BCUT2D eigenvalue weighted by Gasteiger charge is 2.09. The van der Waals surface area contributed by atoms with Crippen LogP contribution in [0.2, 0.25) is 0 Å². The van der Waals surface area contributed by atoms with E-state index in [1.165, 1.54) is 6.08 Å². The van der Waals surface area contributed by atoms with Crippen LogP contribution in [-0.2, 0) is 16.1 Å². The second-order valence-corrected chi connectivity index (χ2v) is 6.30. The molecule has 0 aliphatic rings. The molecule has 0 spiro atoms. The van der Waals surface area contributed by atoms with Crippen LogP contribution in [0.5, 0.6) is 5.75 Å². The van der Waals surface area contributed by atoms with E-state index in [0.29, 0.717) is 13.2 Å². The minimum absolute atomic E-state index is 0.348. The number of carbonyl (C=O) groups is 1. The molecule has 1 aromatic heterocycles. The minimum Gasteiger partial charge on any atom is -0.489 e. The van der Waals surface area contributed by atoms with Gasteiger partial charge in [0.25, 0.3) is 0 Å². The molecule has 3 aromatic rings. The topological polar surface area (TPSA) is 48.4 Å². The summed E-state index contributed by atoms with van der Waals surface area (Å²) >= 11 is 0. The minimum atomic E-state index is -0.348. The van der Waals surface area contributed by atoms with Gasteiger partial charge in [0.05, 0.1) is 6.61 Å². The maximum absolute atomic E-state index is 11.8. The van der Waals surface area contributed by atoms with Gasteiger partial charge in [-0.15, -0.1) is 0 Å². The van der Waals surface area contributed by atoms with Crippen LogP contribution in [0.1, 0.15) is 25.0 Å². The molecule has 0 amide bonds. The number of benzene rings is 2. The maximum atomic E-state index is 11.8. The number of allylic oxidation sites excluding steroid dienone is 1. The van der Waals surface area contributed by atoms with E-state index in [1.54, 1.807) is 19.3 Å². The normalized spacial score (nSPS) is 11.1. The van der Waals surface area contributed by atoms with Gasteiger partial charge in [0.1, 0.15) is 12.4 Å². The van der Waals surface area contributed by atoms with Crippen molar-refractivity contribution in [1.29, 1.82) is 0 Å². The molecule has 0 aliphatic carbocycles. The van der Waals surface area contributed by atoms with Gasteiger partial charge in [-0.3, -0.25) is 4.98 Å². The van der Waals surface area contributed by atoms with Crippen molar-refractivity contribution in [1.82, 2.24) is 4.98 Å². The molecule has 0 aliphatic heterocycles. The Morgan fingerprint density at radius 1 is 1.04 bits per heavy atom. The van der Waals surface area contributed by atoms with E-state index in [0.717, 1.165) is 33.6 Å². The quantitative estimate of drug-likeness (QED) is 0.417. The average Bonchev–Trinajstić information content (AvgIpc) is 2.73. The molecular weight excluding hydrogens is 350 g/mol. The molecule has 0 radical (unpaired) electrons. The summed E-state index contributed by atoms with van der Waals surface area (Å²) in [5.74, 6) is 0.460. The molecule has 0 unspecified atom stereocenters. The van der Waals surface area contributed by atoms with Crippen molar-refractivity contribution in [3.8, 4) is 16.9 Å². The smallest absolute Gasteiger partial charge is 0.331 e. The van der Waals surface area contributed by atoms with E-state index in [2.05, 4.69) is 4.98 Å². The fraction of sp³-hybridized carbons (Fsp3) is 0.167. The standard InChI is InChI=1S/C24H23NO3/c1-3-27-24(26)15-18(2)23-16-25-14-13-22(23)20-9-11-21(12-10-20)28-17-19-7-5-4-6-8-19/h4-16H,3,17H2,1-2H3. The number of hydrogen-bond acceptors (Lipinski definition) is 4. The number of hydrogen-bond donors (Lipinski definition) is 0. The van der Waals surface area contributed by atoms with Crippen LogP contribution in [0.3, 0.4) is 0 Å². The first-order chi connectivity index (χ1) is 13.7. The Hall–Kier alpha value is -3.40. The molecule has 3 rings (SSSR count). The van der Waals surface area contributed by atoms with Gasteiger partial charge in [0.15, 0.2) is 0 Å². The van der Waals surface area contributed by atoms with E-state index in [1.807, 2.05) is 67.6 Å². The summed E-state index contributed by atoms with van der Waals surface area (Å²) < 4.78 is 10.9. The lowest BCUT2D eigenvalue weighted by molar-refractivity contribution is -0.137. The molecule has 142 valence electrons. The summed E-state index contributed by atoms with van der Waals surface area (Å²) in [6.07, 6.45) is 5.01. The van der Waals surface area contributed by atoms with Crippen LogP contribution in [0.15, 0.2) is 79.1 Å². The number of pyridine rings is 1. The zero-order valence-electron chi connectivity index (χ0n) is 16.1.